The Kier molecular flexibility index (Phi) is 4.44. The van der Waals surface area contributed by atoms with E-state index in [4.69, 9.17) is 4.74 Å². The fourth-order valence-electron chi connectivity index (χ4n) is 1.79. The Morgan fingerprint density at radius 3 is 2.57 bits per heavy atom. The highest BCUT2D eigenvalue weighted by Gasteiger charge is 2.20. The summed E-state index contributed by atoms with van der Waals surface area (Å²) < 4.78 is 32.6. The summed E-state index contributed by atoms with van der Waals surface area (Å²) in [4.78, 5) is 9.54. The van der Waals surface area contributed by atoms with Crippen LogP contribution in [-0.4, -0.2) is 12.0 Å². The Hall–Kier alpha value is -2.54. The number of halogens is 2. The van der Waals surface area contributed by atoms with Gasteiger partial charge in [-0.15, -0.1) is 0 Å². The molecule has 2 rings (SSSR count). The van der Waals surface area contributed by atoms with Crippen LogP contribution in [0.4, 0.5) is 14.5 Å². The molecule has 2 aromatic rings. The number of nitrogens with zero attached hydrogens (tertiary/aromatic N) is 1. The third-order valence-electron chi connectivity index (χ3n) is 2.76. The van der Waals surface area contributed by atoms with Crippen molar-refractivity contribution in [3.63, 3.8) is 0 Å². The summed E-state index contributed by atoms with van der Waals surface area (Å²) in [5.74, 6) is -2.20. The van der Waals surface area contributed by atoms with E-state index in [2.05, 4.69) is 5.32 Å². The molecule has 5 nitrogen and oxygen atoms in total. The molecule has 0 aliphatic carbocycles. The van der Waals surface area contributed by atoms with Gasteiger partial charge in [0.05, 0.1) is 11.0 Å². The summed E-state index contributed by atoms with van der Waals surface area (Å²) in [6.07, 6.45) is 0. The van der Waals surface area contributed by atoms with Gasteiger partial charge in [-0.2, -0.15) is 4.39 Å². The first-order chi connectivity index (χ1) is 10.0. The lowest BCUT2D eigenvalue weighted by atomic mass is 10.2. The molecule has 0 aliphatic heterocycles. The fraction of sp³-hybridized carbons (Fsp3) is 0.143. The maximum atomic E-state index is 13.8. The highest BCUT2D eigenvalue weighted by Crippen LogP contribution is 2.31. The van der Waals surface area contributed by atoms with Crippen molar-refractivity contribution in [3.8, 4) is 11.5 Å². The van der Waals surface area contributed by atoms with Crippen molar-refractivity contribution < 1.29 is 18.4 Å². The maximum absolute atomic E-state index is 13.8. The van der Waals surface area contributed by atoms with Crippen molar-refractivity contribution in [3.05, 3.63) is 63.7 Å². The number of nitrogens with one attached hydrogen (secondary N) is 1. The normalized spacial score (nSPS) is 10.4. The zero-order valence-electron chi connectivity index (χ0n) is 11.1. The number of hydrogen-bond acceptors (Lipinski definition) is 4. The van der Waals surface area contributed by atoms with Gasteiger partial charge in [-0.25, -0.2) is 4.39 Å². The minimum Gasteiger partial charge on any atom is -0.454 e. The number of para-hydroxylation sites is 1. The van der Waals surface area contributed by atoms with E-state index in [0.29, 0.717) is 24.4 Å². The zero-order valence-corrected chi connectivity index (χ0v) is 11.1. The molecule has 0 unspecified atom stereocenters. The van der Waals surface area contributed by atoms with Gasteiger partial charge in [0.1, 0.15) is 5.75 Å². The van der Waals surface area contributed by atoms with Crippen molar-refractivity contribution in [2.45, 2.75) is 6.54 Å². The number of nitro benzene ring substituents is 1. The highest BCUT2D eigenvalue weighted by molar-refractivity contribution is 5.43. The van der Waals surface area contributed by atoms with Gasteiger partial charge in [0.2, 0.25) is 5.82 Å². The zero-order chi connectivity index (χ0) is 15.4. The minimum absolute atomic E-state index is 0.346. The highest BCUT2D eigenvalue weighted by atomic mass is 19.1. The van der Waals surface area contributed by atoms with Crippen LogP contribution in [0.25, 0.3) is 0 Å². The number of nitro groups is 1. The molecule has 0 atom stereocenters. The topological polar surface area (TPSA) is 64.4 Å². The molecule has 0 heterocycles. The second-order valence-electron chi connectivity index (χ2n) is 4.23. The van der Waals surface area contributed by atoms with E-state index in [9.17, 15) is 18.9 Å². The quantitative estimate of drug-likeness (QED) is 0.678. The molecule has 110 valence electrons. The molecular formula is C14H12F2N2O3. The first kappa shape index (κ1) is 14.9. The van der Waals surface area contributed by atoms with Crippen LogP contribution in [0.3, 0.4) is 0 Å². The van der Waals surface area contributed by atoms with Crippen LogP contribution in [0.5, 0.6) is 11.5 Å². The van der Waals surface area contributed by atoms with Crippen molar-refractivity contribution >= 4 is 5.69 Å². The third-order valence-corrected chi connectivity index (χ3v) is 2.76. The average Bonchev–Trinajstić information content (AvgIpc) is 2.44. The standard InChI is InChI=1S/C14H12F2N2O3/c1-17-8-9-4-2-3-5-13(9)21-14-7-10(15)12(18(19)20)6-11(14)16/h2-7,17H,8H2,1H3. The first-order valence-corrected chi connectivity index (χ1v) is 6.06. The second kappa shape index (κ2) is 6.27. The summed E-state index contributed by atoms with van der Waals surface area (Å²) in [5.41, 5.74) is -0.179. The van der Waals surface area contributed by atoms with E-state index >= 15 is 0 Å². The van der Waals surface area contributed by atoms with E-state index in [1.165, 1.54) is 0 Å². The van der Waals surface area contributed by atoms with Gasteiger partial charge >= 0.3 is 5.69 Å². The largest absolute Gasteiger partial charge is 0.454 e. The van der Waals surface area contributed by atoms with E-state index in [1.807, 2.05) is 0 Å². The molecular weight excluding hydrogens is 282 g/mol. The van der Waals surface area contributed by atoms with Crippen LogP contribution in [-0.2, 0) is 6.54 Å². The number of benzene rings is 2. The average molecular weight is 294 g/mol. The Balaban J connectivity index is 2.36. The van der Waals surface area contributed by atoms with Gasteiger partial charge in [0, 0.05) is 18.2 Å². The molecule has 0 saturated heterocycles. The van der Waals surface area contributed by atoms with E-state index in [0.717, 1.165) is 5.56 Å². The van der Waals surface area contributed by atoms with Gasteiger partial charge in [0.25, 0.3) is 0 Å². The predicted octanol–water partition coefficient (Wildman–Crippen LogP) is 3.38. The monoisotopic (exact) mass is 294 g/mol. The van der Waals surface area contributed by atoms with Crippen molar-refractivity contribution in [1.29, 1.82) is 0 Å². The van der Waals surface area contributed by atoms with E-state index in [-0.39, 0.29) is 0 Å². The Bertz CT molecular complexity index is 677. The van der Waals surface area contributed by atoms with Crippen LogP contribution >= 0.6 is 0 Å². The lowest BCUT2D eigenvalue weighted by Gasteiger charge is -2.11. The van der Waals surface area contributed by atoms with Crippen LogP contribution in [0.15, 0.2) is 36.4 Å². The lowest BCUT2D eigenvalue weighted by molar-refractivity contribution is -0.387. The summed E-state index contributed by atoms with van der Waals surface area (Å²) in [6, 6.07) is 8.02. The maximum Gasteiger partial charge on any atom is 0.307 e. The smallest absolute Gasteiger partial charge is 0.307 e. The minimum atomic E-state index is -1.15. The van der Waals surface area contributed by atoms with Gasteiger partial charge in [-0.1, -0.05) is 18.2 Å². The summed E-state index contributed by atoms with van der Waals surface area (Å²) in [6.45, 7) is 0.479. The van der Waals surface area contributed by atoms with Crippen LogP contribution in [0.1, 0.15) is 5.56 Å². The van der Waals surface area contributed by atoms with Crippen LogP contribution in [0, 0.1) is 21.7 Å². The molecule has 0 fully saturated rings. The molecule has 21 heavy (non-hydrogen) atoms. The second-order valence-corrected chi connectivity index (χ2v) is 4.23. The third kappa shape index (κ3) is 3.32. The van der Waals surface area contributed by atoms with Crippen molar-refractivity contribution in [1.82, 2.24) is 5.32 Å². The van der Waals surface area contributed by atoms with Crippen LogP contribution < -0.4 is 10.1 Å². The molecule has 0 aliphatic rings. The Labute approximate surface area is 119 Å². The predicted molar refractivity (Wildman–Crippen MR) is 72.3 cm³/mol. The fourth-order valence-corrected chi connectivity index (χ4v) is 1.79. The first-order valence-electron chi connectivity index (χ1n) is 6.06. The molecule has 7 heteroatoms. The molecule has 1 N–H and O–H groups in total. The van der Waals surface area contributed by atoms with Gasteiger partial charge in [0.15, 0.2) is 11.6 Å². The molecule has 0 amide bonds. The van der Waals surface area contributed by atoms with E-state index in [1.54, 1.807) is 31.3 Å². The van der Waals surface area contributed by atoms with Gasteiger partial charge < -0.3 is 10.1 Å². The number of hydrogen-bond donors (Lipinski definition) is 1. The summed E-state index contributed by atoms with van der Waals surface area (Å²) in [5, 5.41) is 13.5. The SMILES string of the molecule is CNCc1ccccc1Oc1cc(F)c([N+](=O)[O-])cc1F. The lowest BCUT2D eigenvalue weighted by Crippen LogP contribution is -2.06. The molecule has 2 aromatic carbocycles. The van der Waals surface area contributed by atoms with Crippen LogP contribution in [0.2, 0.25) is 0 Å². The van der Waals surface area contributed by atoms with E-state index < -0.39 is 28.0 Å². The number of ether oxygens (including phenoxy) is 1. The molecule has 0 spiro atoms. The van der Waals surface area contributed by atoms with Gasteiger partial charge in [-0.05, 0) is 13.1 Å². The summed E-state index contributed by atoms with van der Waals surface area (Å²) >= 11 is 0. The molecule has 0 saturated carbocycles. The van der Waals surface area contributed by atoms with Gasteiger partial charge in [-0.3, -0.25) is 10.1 Å². The molecule has 0 radical (unpaired) electrons. The number of rotatable bonds is 5. The molecule has 0 bridgehead atoms. The Morgan fingerprint density at radius 2 is 1.90 bits per heavy atom. The van der Waals surface area contributed by atoms with Crippen molar-refractivity contribution in [2.75, 3.05) is 7.05 Å². The Morgan fingerprint density at radius 1 is 1.19 bits per heavy atom. The molecule has 0 aromatic heterocycles. The van der Waals surface area contributed by atoms with Crippen molar-refractivity contribution in [2.24, 2.45) is 0 Å². The summed E-state index contributed by atoms with van der Waals surface area (Å²) in [7, 11) is 1.74.